The molecule has 0 aromatic heterocycles. The molecule has 0 nitrogen and oxygen atoms in total. The van der Waals surface area contributed by atoms with Gasteiger partial charge in [-0.25, -0.2) is 0 Å². The zero-order valence-corrected chi connectivity index (χ0v) is 10.8. The summed E-state index contributed by atoms with van der Waals surface area (Å²) < 4.78 is 1.04. The van der Waals surface area contributed by atoms with Crippen LogP contribution in [0.5, 0.6) is 0 Å². The second-order valence-corrected chi connectivity index (χ2v) is 4.22. The van der Waals surface area contributed by atoms with E-state index in [1.807, 2.05) is 0 Å². The van der Waals surface area contributed by atoms with E-state index in [9.17, 15) is 0 Å². The van der Waals surface area contributed by atoms with Crippen molar-refractivity contribution in [3.8, 4) is 0 Å². The molecule has 8 heavy (non-hydrogen) atoms. The minimum atomic E-state index is 0. The molecule has 1 unspecified atom stereocenters. The van der Waals surface area contributed by atoms with Crippen molar-refractivity contribution in [1.29, 1.82) is 0 Å². The summed E-state index contributed by atoms with van der Waals surface area (Å²) in [6.45, 7) is 4.53. The first-order valence-electron chi connectivity index (χ1n) is 3.02. The first-order valence-corrected chi connectivity index (χ1v) is 4.67. The Kier molecular flexibility index (Phi) is 13.0. The van der Waals surface area contributed by atoms with Crippen LogP contribution < -0.4 is 0 Å². The zero-order chi connectivity index (χ0) is 5.70. The Morgan fingerprint density at radius 1 is 1.38 bits per heavy atom. The molecule has 0 saturated carbocycles. The van der Waals surface area contributed by atoms with Gasteiger partial charge in [0, 0.05) is 0 Å². The molecule has 0 bridgehead atoms. The zero-order valence-electron chi connectivity index (χ0n) is 5.61. The van der Waals surface area contributed by atoms with E-state index in [1.54, 1.807) is 22.5 Å². The fraction of sp³-hybridized carbons (Fsp3) is 1.00. The van der Waals surface area contributed by atoms with Gasteiger partial charge in [-0.15, -0.1) is 24.0 Å². The van der Waals surface area contributed by atoms with E-state index in [1.165, 1.54) is 19.3 Å². The summed E-state index contributed by atoms with van der Waals surface area (Å²) in [6, 6.07) is 0. The Balaban J connectivity index is 0. The molecular formula is C6H14ISn. The van der Waals surface area contributed by atoms with Crippen LogP contribution in [0.15, 0.2) is 0 Å². The monoisotopic (exact) mass is 333 g/mol. The fourth-order valence-electron chi connectivity index (χ4n) is 0.553. The molecule has 0 aliphatic heterocycles. The fourth-order valence-corrected chi connectivity index (χ4v) is 1.38. The van der Waals surface area contributed by atoms with Gasteiger partial charge in [0.15, 0.2) is 0 Å². The molecule has 0 heterocycles. The summed E-state index contributed by atoms with van der Waals surface area (Å²) in [5, 5.41) is 0. The number of halogens is 1. The van der Waals surface area contributed by atoms with Crippen molar-refractivity contribution in [3.63, 3.8) is 0 Å². The summed E-state index contributed by atoms with van der Waals surface area (Å²) in [6.07, 6.45) is 4.19. The van der Waals surface area contributed by atoms with Crippen LogP contribution in [0.2, 0.25) is 3.93 Å². The summed E-state index contributed by atoms with van der Waals surface area (Å²) >= 11 is 1.72. The van der Waals surface area contributed by atoms with E-state index in [0.717, 1.165) is 3.93 Å². The van der Waals surface area contributed by atoms with Gasteiger partial charge in [-0.2, -0.15) is 0 Å². The minimum absolute atomic E-state index is 0. The SMILES string of the molecule is CCC[CH]([Sn])CC.I. The van der Waals surface area contributed by atoms with Gasteiger partial charge in [0.25, 0.3) is 0 Å². The molecule has 0 saturated heterocycles. The molecule has 0 rings (SSSR count). The smallest absolute Gasteiger partial charge is 0.107 e. The number of rotatable bonds is 3. The molecule has 0 aromatic rings. The molecule has 1 atom stereocenters. The topological polar surface area (TPSA) is 0 Å². The molecule has 0 fully saturated rings. The van der Waals surface area contributed by atoms with Crippen molar-refractivity contribution in [2.75, 3.05) is 0 Å². The largest absolute Gasteiger partial charge is 0.107 e. The Hall–Kier alpha value is 1.53. The van der Waals surface area contributed by atoms with Crippen LogP contribution >= 0.6 is 24.0 Å². The molecule has 49 valence electrons. The minimum Gasteiger partial charge on any atom is -0.107 e. The number of hydrogen-bond donors (Lipinski definition) is 0. The van der Waals surface area contributed by atoms with E-state index < -0.39 is 0 Å². The molecule has 0 aromatic carbocycles. The normalized spacial score (nSPS) is 12.4. The van der Waals surface area contributed by atoms with Crippen LogP contribution in [0.1, 0.15) is 33.1 Å². The predicted octanol–water partition coefficient (Wildman–Crippen LogP) is 2.77. The molecule has 0 spiro atoms. The van der Waals surface area contributed by atoms with Crippen molar-refractivity contribution in [3.05, 3.63) is 0 Å². The van der Waals surface area contributed by atoms with Crippen LogP contribution in [0, 0.1) is 0 Å². The molecule has 0 aliphatic carbocycles. The second kappa shape index (κ2) is 8.53. The molecule has 3 radical (unpaired) electrons. The van der Waals surface area contributed by atoms with Crippen molar-refractivity contribution < 1.29 is 0 Å². The average Bonchev–Trinajstić information content (AvgIpc) is 1.68. The Labute approximate surface area is 82.9 Å². The summed E-state index contributed by atoms with van der Waals surface area (Å²) in [5.74, 6) is 0. The van der Waals surface area contributed by atoms with Crippen molar-refractivity contribution in [2.24, 2.45) is 0 Å². The molecule has 0 aliphatic rings. The maximum absolute atomic E-state index is 2.27. The van der Waals surface area contributed by atoms with E-state index in [0.29, 0.717) is 0 Å². The third-order valence-corrected chi connectivity index (χ3v) is 3.12. The van der Waals surface area contributed by atoms with Crippen molar-refractivity contribution in [1.82, 2.24) is 0 Å². The van der Waals surface area contributed by atoms with E-state index >= 15 is 0 Å². The van der Waals surface area contributed by atoms with Gasteiger partial charge in [-0.05, 0) is 0 Å². The van der Waals surface area contributed by atoms with Gasteiger partial charge in [-0.1, -0.05) is 0 Å². The first-order chi connectivity index (χ1) is 3.31. The van der Waals surface area contributed by atoms with Gasteiger partial charge in [0.1, 0.15) is 0 Å². The van der Waals surface area contributed by atoms with Crippen LogP contribution in [0.3, 0.4) is 0 Å². The van der Waals surface area contributed by atoms with E-state index in [-0.39, 0.29) is 24.0 Å². The maximum Gasteiger partial charge on any atom is -0.107 e. The van der Waals surface area contributed by atoms with Crippen LogP contribution in [-0.2, 0) is 0 Å². The first kappa shape index (κ1) is 12.2. The van der Waals surface area contributed by atoms with Crippen LogP contribution in [0.4, 0.5) is 0 Å². The second-order valence-electron chi connectivity index (χ2n) is 1.89. The van der Waals surface area contributed by atoms with Gasteiger partial charge >= 0.3 is 59.6 Å². The summed E-state index contributed by atoms with van der Waals surface area (Å²) in [4.78, 5) is 0. The molecule has 2 heteroatoms. The molecule has 0 amide bonds. The standard InChI is InChI=1S/C6H13.HI.Sn/c1-3-5-6-4-2;;/h5H,3-4,6H2,1-2H3;1H;. The Bertz CT molecular complexity index is 39.5. The third kappa shape index (κ3) is 7.53. The van der Waals surface area contributed by atoms with Crippen molar-refractivity contribution >= 4 is 46.5 Å². The van der Waals surface area contributed by atoms with Crippen LogP contribution in [-0.4, -0.2) is 22.5 Å². The van der Waals surface area contributed by atoms with Gasteiger partial charge < -0.3 is 0 Å². The van der Waals surface area contributed by atoms with E-state index in [4.69, 9.17) is 0 Å². The Morgan fingerprint density at radius 2 is 1.88 bits per heavy atom. The Morgan fingerprint density at radius 3 is 2.00 bits per heavy atom. The molecule has 0 N–H and O–H groups in total. The van der Waals surface area contributed by atoms with Gasteiger partial charge in [-0.3, -0.25) is 0 Å². The van der Waals surface area contributed by atoms with Gasteiger partial charge in [0.2, 0.25) is 0 Å². The quantitative estimate of drug-likeness (QED) is 0.551. The molecular weight excluding hydrogens is 318 g/mol. The van der Waals surface area contributed by atoms with Gasteiger partial charge in [0.05, 0.1) is 0 Å². The maximum atomic E-state index is 2.27. The summed E-state index contributed by atoms with van der Waals surface area (Å²) in [5.41, 5.74) is 0. The predicted molar refractivity (Wildman–Crippen MR) is 50.1 cm³/mol. The van der Waals surface area contributed by atoms with E-state index in [2.05, 4.69) is 13.8 Å². The summed E-state index contributed by atoms with van der Waals surface area (Å²) in [7, 11) is 0. The average molecular weight is 332 g/mol. The number of hydrogen-bond acceptors (Lipinski definition) is 0. The van der Waals surface area contributed by atoms with Crippen LogP contribution in [0.25, 0.3) is 0 Å². The van der Waals surface area contributed by atoms with Crippen molar-refractivity contribution in [2.45, 2.75) is 37.0 Å². The third-order valence-electron chi connectivity index (χ3n) is 1.13.